The highest BCUT2D eigenvalue weighted by Crippen LogP contribution is 2.30. The molecule has 0 aromatic carbocycles. The Labute approximate surface area is 103 Å². The van der Waals surface area contributed by atoms with E-state index in [-0.39, 0.29) is 0 Å². The van der Waals surface area contributed by atoms with Crippen molar-refractivity contribution in [2.45, 2.75) is 25.1 Å². The van der Waals surface area contributed by atoms with Crippen molar-refractivity contribution in [3.8, 4) is 0 Å². The zero-order valence-electron chi connectivity index (χ0n) is 8.86. The highest BCUT2D eigenvalue weighted by atomic mass is 35.5. The van der Waals surface area contributed by atoms with Gasteiger partial charge < -0.3 is 0 Å². The molecule has 2 heterocycles. The molecule has 0 spiro atoms. The third-order valence-electron chi connectivity index (χ3n) is 2.39. The van der Waals surface area contributed by atoms with Gasteiger partial charge in [-0.3, -0.25) is 4.90 Å². The lowest BCUT2D eigenvalue weighted by Crippen LogP contribution is -2.42. The van der Waals surface area contributed by atoms with Crippen LogP contribution < -0.4 is 0 Å². The van der Waals surface area contributed by atoms with E-state index < -0.39 is 0 Å². The first-order chi connectivity index (χ1) is 7.07. The summed E-state index contributed by atoms with van der Waals surface area (Å²) in [5, 5.41) is 4.05. The van der Waals surface area contributed by atoms with Crippen molar-refractivity contribution >= 4 is 34.9 Å². The lowest BCUT2D eigenvalue weighted by Gasteiger charge is -2.37. The normalized spacial score (nSPS) is 21.8. The SMILES string of the molecule is CC1(C)CN(Cc2nnsc2Cl)CCS1. The van der Waals surface area contributed by atoms with Crippen LogP contribution in [0.5, 0.6) is 0 Å². The average molecular weight is 264 g/mol. The molecule has 0 amide bonds. The van der Waals surface area contributed by atoms with Crippen LogP contribution in [0.15, 0.2) is 0 Å². The van der Waals surface area contributed by atoms with Crippen LogP contribution in [0.2, 0.25) is 4.34 Å². The minimum atomic E-state index is 0.341. The van der Waals surface area contributed by atoms with Gasteiger partial charge in [0.25, 0.3) is 0 Å². The Morgan fingerprint density at radius 2 is 2.33 bits per heavy atom. The highest BCUT2D eigenvalue weighted by molar-refractivity contribution is 8.00. The molecule has 0 aliphatic carbocycles. The highest BCUT2D eigenvalue weighted by Gasteiger charge is 2.27. The Bertz CT molecular complexity index is 340. The second kappa shape index (κ2) is 4.57. The molecule has 1 aliphatic heterocycles. The summed E-state index contributed by atoms with van der Waals surface area (Å²) in [5.41, 5.74) is 0.921. The number of rotatable bonds is 2. The van der Waals surface area contributed by atoms with Crippen molar-refractivity contribution in [2.75, 3.05) is 18.8 Å². The lowest BCUT2D eigenvalue weighted by atomic mass is 10.2. The molecule has 3 nitrogen and oxygen atoms in total. The largest absolute Gasteiger partial charge is 0.295 e. The molecule has 2 rings (SSSR count). The van der Waals surface area contributed by atoms with Crippen molar-refractivity contribution in [1.29, 1.82) is 0 Å². The van der Waals surface area contributed by atoms with Gasteiger partial charge in [-0.15, -0.1) is 5.10 Å². The predicted molar refractivity (Wildman–Crippen MR) is 66.7 cm³/mol. The van der Waals surface area contributed by atoms with Crippen LogP contribution in [-0.4, -0.2) is 38.1 Å². The van der Waals surface area contributed by atoms with Gasteiger partial charge in [0.1, 0.15) is 10.0 Å². The Kier molecular flexibility index (Phi) is 3.55. The van der Waals surface area contributed by atoms with Gasteiger partial charge in [-0.2, -0.15) is 11.8 Å². The van der Waals surface area contributed by atoms with Gasteiger partial charge >= 0.3 is 0 Å². The van der Waals surface area contributed by atoms with Gasteiger partial charge in [-0.05, 0) is 13.8 Å². The van der Waals surface area contributed by atoms with Crippen molar-refractivity contribution < 1.29 is 0 Å². The van der Waals surface area contributed by atoms with Crippen LogP contribution in [0.3, 0.4) is 0 Å². The van der Waals surface area contributed by atoms with Crippen LogP contribution in [-0.2, 0) is 6.54 Å². The van der Waals surface area contributed by atoms with Crippen LogP contribution in [0.1, 0.15) is 19.5 Å². The minimum absolute atomic E-state index is 0.341. The summed E-state index contributed by atoms with van der Waals surface area (Å²) < 4.78 is 4.92. The molecule has 0 unspecified atom stereocenters. The molecule has 1 aliphatic rings. The number of aromatic nitrogens is 2. The second-order valence-electron chi connectivity index (χ2n) is 4.31. The maximum absolute atomic E-state index is 5.99. The predicted octanol–water partition coefficient (Wildman–Crippen LogP) is 2.52. The van der Waals surface area contributed by atoms with Crippen molar-refractivity contribution in [3.05, 3.63) is 10.0 Å². The maximum atomic E-state index is 5.99. The molecule has 0 radical (unpaired) electrons. The smallest absolute Gasteiger partial charge is 0.138 e. The monoisotopic (exact) mass is 263 g/mol. The molecular weight excluding hydrogens is 250 g/mol. The summed E-state index contributed by atoms with van der Waals surface area (Å²) in [6.07, 6.45) is 0. The number of hydrogen-bond acceptors (Lipinski definition) is 5. The first-order valence-corrected chi connectivity index (χ1v) is 7.03. The molecule has 6 heteroatoms. The van der Waals surface area contributed by atoms with Crippen LogP contribution >= 0.6 is 34.9 Å². The van der Waals surface area contributed by atoms with E-state index in [0.717, 1.165) is 29.7 Å². The summed E-state index contributed by atoms with van der Waals surface area (Å²) in [6, 6.07) is 0. The van der Waals surface area contributed by atoms with E-state index in [1.54, 1.807) is 0 Å². The van der Waals surface area contributed by atoms with Gasteiger partial charge in [0.15, 0.2) is 0 Å². The number of halogens is 1. The van der Waals surface area contributed by atoms with Crippen LogP contribution in [0.4, 0.5) is 0 Å². The number of nitrogens with zero attached hydrogens (tertiary/aromatic N) is 3. The molecule has 0 bridgehead atoms. The fourth-order valence-corrected chi connectivity index (χ4v) is 3.54. The minimum Gasteiger partial charge on any atom is -0.295 e. The molecule has 0 N–H and O–H groups in total. The van der Waals surface area contributed by atoms with E-state index in [0.29, 0.717) is 4.75 Å². The maximum Gasteiger partial charge on any atom is 0.138 e. The molecule has 1 aromatic heterocycles. The van der Waals surface area contributed by atoms with E-state index in [1.165, 1.54) is 17.3 Å². The van der Waals surface area contributed by atoms with Gasteiger partial charge in [0.05, 0.1) is 0 Å². The molecule has 1 fully saturated rings. The van der Waals surface area contributed by atoms with E-state index in [9.17, 15) is 0 Å². The van der Waals surface area contributed by atoms with Gasteiger partial charge in [0.2, 0.25) is 0 Å². The molecule has 1 saturated heterocycles. The summed E-state index contributed by atoms with van der Waals surface area (Å²) in [6.45, 7) is 7.60. The van der Waals surface area contributed by atoms with Gasteiger partial charge in [-0.1, -0.05) is 16.1 Å². The first kappa shape index (κ1) is 11.6. The van der Waals surface area contributed by atoms with Gasteiger partial charge in [0, 0.05) is 41.7 Å². The topological polar surface area (TPSA) is 29.0 Å². The fraction of sp³-hybridized carbons (Fsp3) is 0.778. The number of thioether (sulfide) groups is 1. The first-order valence-electron chi connectivity index (χ1n) is 4.90. The van der Waals surface area contributed by atoms with E-state index in [4.69, 9.17) is 11.6 Å². The molecular formula is C9H14ClN3S2. The Hall–Kier alpha value is 0.160. The Balaban J connectivity index is 1.98. The summed E-state index contributed by atoms with van der Waals surface area (Å²) in [5.74, 6) is 1.18. The van der Waals surface area contributed by atoms with Crippen molar-refractivity contribution in [2.24, 2.45) is 0 Å². The van der Waals surface area contributed by atoms with Crippen molar-refractivity contribution in [3.63, 3.8) is 0 Å². The average Bonchev–Trinajstić information content (AvgIpc) is 2.50. The second-order valence-corrected chi connectivity index (χ2v) is 7.47. The zero-order valence-corrected chi connectivity index (χ0v) is 11.3. The molecule has 0 atom stereocenters. The summed E-state index contributed by atoms with van der Waals surface area (Å²) >= 11 is 9.29. The Morgan fingerprint density at radius 3 is 2.93 bits per heavy atom. The fourth-order valence-electron chi connectivity index (χ4n) is 1.75. The van der Waals surface area contributed by atoms with E-state index >= 15 is 0 Å². The summed E-state index contributed by atoms with van der Waals surface area (Å²) in [4.78, 5) is 2.40. The Morgan fingerprint density at radius 1 is 1.53 bits per heavy atom. The van der Waals surface area contributed by atoms with Crippen molar-refractivity contribution in [1.82, 2.24) is 14.5 Å². The molecule has 84 valence electrons. The molecule has 15 heavy (non-hydrogen) atoms. The molecule has 1 aromatic rings. The standard InChI is InChI=1S/C9H14ClN3S2/c1-9(2)6-13(3-4-14-9)5-7-8(10)15-12-11-7/h3-6H2,1-2H3. The van der Waals surface area contributed by atoms with Crippen LogP contribution in [0.25, 0.3) is 0 Å². The molecule has 0 saturated carbocycles. The quantitative estimate of drug-likeness (QED) is 0.820. The van der Waals surface area contributed by atoms with Gasteiger partial charge in [-0.25, -0.2) is 0 Å². The third-order valence-corrected chi connectivity index (χ3v) is 4.67. The van der Waals surface area contributed by atoms with E-state index in [2.05, 4.69) is 28.3 Å². The summed E-state index contributed by atoms with van der Waals surface area (Å²) in [7, 11) is 0. The van der Waals surface area contributed by atoms with E-state index in [1.807, 2.05) is 11.8 Å². The lowest BCUT2D eigenvalue weighted by molar-refractivity contribution is 0.250. The van der Waals surface area contributed by atoms with Crippen LogP contribution in [0, 0.1) is 0 Å². The number of hydrogen-bond donors (Lipinski definition) is 0. The zero-order chi connectivity index (χ0) is 10.9. The third kappa shape index (κ3) is 3.06.